The van der Waals surface area contributed by atoms with E-state index in [0.29, 0.717) is 6.42 Å². The molecule has 0 amide bonds. The van der Waals surface area contributed by atoms with Crippen LogP contribution in [0.4, 0.5) is 0 Å². The van der Waals surface area contributed by atoms with Crippen molar-refractivity contribution in [3.05, 3.63) is 0 Å². The molecule has 0 rings (SSSR count). The molecule has 36 heavy (non-hydrogen) atoms. The maximum absolute atomic E-state index is 11.9. The van der Waals surface area contributed by atoms with Gasteiger partial charge in [0, 0.05) is 46.1 Å². The summed E-state index contributed by atoms with van der Waals surface area (Å²) in [5.74, 6) is -6.53. The van der Waals surface area contributed by atoms with Crippen molar-refractivity contribution >= 4 is 10.4 Å². The van der Waals surface area contributed by atoms with Gasteiger partial charge in [-0.05, 0) is 48.0 Å². The van der Waals surface area contributed by atoms with E-state index in [1.807, 2.05) is 0 Å². The van der Waals surface area contributed by atoms with Crippen LogP contribution in [0.2, 0.25) is 0 Å². The number of unbranched alkanes of at least 4 members (excludes halogenated alkanes) is 6. The molecule has 0 aromatic heterocycles. The monoisotopic (exact) mass is 552 g/mol. The van der Waals surface area contributed by atoms with E-state index in [0.717, 1.165) is 19.3 Å². The average molecular weight is 553 g/mol. The normalized spacial score (nSPS) is 13.1. The van der Waals surface area contributed by atoms with Gasteiger partial charge in [0.2, 0.25) is 16.2 Å². The molecule has 0 aromatic carbocycles. The molecule has 0 N–H and O–H groups in total. The fraction of sp³-hybridized carbons (Fsp3) is 1.00. The van der Waals surface area contributed by atoms with Gasteiger partial charge in [-0.2, -0.15) is 0 Å². The first-order valence-corrected chi connectivity index (χ1v) is 14.5. The molecule has 0 fully saturated rings. The zero-order valence-electron chi connectivity index (χ0n) is 23.9. The van der Waals surface area contributed by atoms with E-state index in [1.165, 1.54) is 19.3 Å². The molecule has 10 nitrogen and oxygen atoms in total. The van der Waals surface area contributed by atoms with Gasteiger partial charge in [-0.15, -0.1) is 0 Å². The van der Waals surface area contributed by atoms with Crippen molar-refractivity contribution < 1.29 is 75.1 Å². The van der Waals surface area contributed by atoms with Crippen LogP contribution in [0.5, 0.6) is 0 Å². The van der Waals surface area contributed by atoms with E-state index < -0.39 is 27.9 Å². The first kappa shape index (κ1) is 38.8. The number of hydrogen-bond donors (Lipinski definition) is 0. The SMILES string of the molecule is CCCCCCCCCC(OCC)(OCC)C(OCC)(OCC)C(OCC)(OCC)OS(=O)(=O)[O-].[Na+]. The van der Waals surface area contributed by atoms with Crippen molar-refractivity contribution in [2.75, 3.05) is 39.6 Å². The van der Waals surface area contributed by atoms with E-state index in [1.54, 1.807) is 41.5 Å². The first-order chi connectivity index (χ1) is 16.6. The number of hydrogen-bond acceptors (Lipinski definition) is 10. The Morgan fingerprint density at radius 3 is 1.33 bits per heavy atom. The van der Waals surface area contributed by atoms with Gasteiger partial charge < -0.3 is 33.0 Å². The Balaban J connectivity index is 0. The summed E-state index contributed by atoms with van der Waals surface area (Å²) in [6.07, 6.45) is 7.49. The van der Waals surface area contributed by atoms with E-state index in [2.05, 4.69) is 6.92 Å². The van der Waals surface area contributed by atoms with Crippen LogP contribution in [0.3, 0.4) is 0 Å². The molecule has 0 spiro atoms. The first-order valence-electron chi connectivity index (χ1n) is 13.1. The summed E-state index contributed by atoms with van der Waals surface area (Å²) in [4.78, 5) is 0. The van der Waals surface area contributed by atoms with Crippen molar-refractivity contribution in [2.45, 2.75) is 117 Å². The Bertz CT molecular complexity index is 614. The van der Waals surface area contributed by atoms with Crippen molar-refractivity contribution in [1.82, 2.24) is 0 Å². The third-order valence-electron chi connectivity index (χ3n) is 5.34. The molecule has 0 heterocycles. The van der Waals surface area contributed by atoms with Crippen LogP contribution in [0.15, 0.2) is 0 Å². The maximum atomic E-state index is 11.9. The topological polar surface area (TPSA) is 122 Å². The molecule has 0 atom stereocenters. The standard InChI is InChI=1S/C24H50O10S.Na/c1-8-15-16-17-18-19-20-21-22(28-9-2,29-10-3)23(30-11-4,31-12-5)24(32-13-6,33-14-7)34-35(25,26)27;/h8-21H2,1-7H3,(H,25,26,27);/q;+1/p-1. The molecule has 0 aliphatic rings. The molecule has 0 radical (unpaired) electrons. The summed E-state index contributed by atoms with van der Waals surface area (Å²) >= 11 is 0. The summed E-state index contributed by atoms with van der Waals surface area (Å²) in [5, 5.41) is 0. The van der Waals surface area contributed by atoms with Crippen molar-refractivity contribution in [3.8, 4) is 0 Å². The zero-order valence-corrected chi connectivity index (χ0v) is 26.7. The summed E-state index contributed by atoms with van der Waals surface area (Å²) in [6, 6.07) is 0. The van der Waals surface area contributed by atoms with Crippen LogP contribution in [-0.4, -0.2) is 70.2 Å². The fourth-order valence-electron chi connectivity index (χ4n) is 4.25. The molecular weight excluding hydrogens is 503 g/mol. The number of rotatable bonds is 24. The molecule has 0 saturated carbocycles. The molecule has 212 valence electrons. The Morgan fingerprint density at radius 2 is 0.972 bits per heavy atom. The quantitative estimate of drug-likeness (QED) is 0.0577. The summed E-state index contributed by atoms with van der Waals surface area (Å²) in [5.41, 5.74) is 0. The fourth-order valence-corrected chi connectivity index (χ4v) is 4.72. The molecule has 0 saturated heterocycles. The van der Waals surface area contributed by atoms with Gasteiger partial charge in [-0.3, -0.25) is 0 Å². The van der Waals surface area contributed by atoms with Gasteiger partial charge in [0.25, 0.3) is 0 Å². The third kappa shape index (κ3) is 11.4. The molecule has 0 unspecified atom stereocenters. The van der Waals surface area contributed by atoms with Crippen LogP contribution < -0.4 is 29.6 Å². The number of ether oxygens (including phenoxy) is 6. The van der Waals surface area contributed by atoms with Gasteiger partial charge in [0.1, 0.15) is 0 Å². The Morgan fingerprint density at radius 1 is 0.583 bits per heavy atom. The third-order valence-corrected chi connectivity index (χ3v) is 5.77. The van der Waals surface area contributed by atoms with Crippen LogP contribution >= 0.6 is 0 Å². The summed E-state index contributed by atoms with van der Waals surface area (Å²) < 4.78 is 77.0. The predicted octanol–water partition coefficient (Wildman–Crippen LogP) is 1.87. The van der Waals surface area contributed by atoms with Crippen LogP contribution in [0, 0.1) is 0 Å². The molecule has 0 bridgehead atoms. The van der Waals surface area contributed by atoms with E-state index in [4.69, 9.17) is 32.6 Å². The molecule has 12 heteroatoms. The van der Waals surface area contributed by atoms with Crippen molar-refractivity contribution in [1.29, 1.82) is 0 Å². The second-order valence-corrected chi connectivity index (χ2v) is 8.87. The van der Waals surface area contributed by atoms with E-state index in [-0.39, 0.29) is 75.6 Å². The van der Waals surface area contributed by atoms with Gasteiger partial charge in [-0.25, -0.2) is 12.6 Å². The van der Waals surface area contributed by atoms with Gasteiger partial charge >= 0.3 is 41.3 Å². The molecular formula is C24H49NaO10S. The van der Waals surface area contributed by atoms with E-state index >= 15 is 0 Å². The predicted molar refractivity (Wildman–Crippen MR) is 131 cm³/mol. The zero-order chi connectivity index (χ0) is 26.8. The van der Waals surface area contributed by atoms with E-state index in [9.17, 15) is 13.0 Å². The summed E-state index contributed by atoms with van der Waals surface area (Å²) in [6.45, 7) is 12.6. The Hall–Kier alpha value is 0.630. The van der Waals surface area contributed by atoms with Gasteiger partial charge in [-0.1, -0.05) is 45.4 Å². The molecule has 0 aromatic rings. The van der Waals surface area contributed by atoms with Crippen molar-refractivity contribution in [3.63, 3.8) is 0 Å². The Kier molecular flexibility index (Phi) is 22.1. The smallest absolute Gasteiger partial charge is 0.725 e. The van der Waals surface area contributed by atoms with Crippen LogP contribution in [0.1, 0.15) is 99.8 Å². The van der Waals surface area contributed by atoms with Gasteiger partial charge in [0.15, 0.2) is 0 Å². The minimum Gasteiger partial charge on any atom is -0.725 e. The average Bonchev–Trinajstić information content (AvgIpc) is 2.77. The molecule has 0 aliphatic carbocycles. The minimum absolute atomic E-state index is 0. The largest absolute Gasteiger partial charge is 1.00 e. The second-order valence-electron chi connectivity index (χ2n) is 7.89. The maximum Gasteiger partial charge on any atom is 1.00 e. The van der Waals surface area contributed by atoms with Gasteiger partial charge in [0.05, 0.1) is 0 Å². The van der Waals surface area contributed by atoms with Crippen LogP contribution in [-0.2, 0) is 43.0 Å². The minimum atomic E-state index is -5.35. The van der Waals surface area contributed by atoms with Crippen molar-refractivity contribution in [2.24, 2.45) is 0 Å². The van der Waals surface area contributed by atoms with Crippen LogP contribution in [0.25, 0.3) is 0 Å². The Labute approximate surface area is 241 Å². The second kappa shape index (κ2) is 20.5. The summed E-state index contributed by atoms with van der Waals surface area (Å²) in [7, 11) is -5.35. The molecule has 0 aliphatic heterocycles.